The molecular formula is C18H21NO2S. The summed E-state index contributed by atoms with van der Waals surface area (Å²) in [4.78, 5) is 13.1. The Kier molecular flexibility index (Phi) is 5.90. The van der Waals surface area contributed by atoms with Crippen molar-refractivity contribution < 1.29 is 9.53 Å². The van der Waals surface area contributed by atoms with E-state index in [4.69, 9.17) is 4.74 Å². The summed E-state index contributed by atoms with van der Waals surface area (Å²) in [5, 5.41) is 2.89. The highest BCUT2D eigenvalue weighted by Crippen LogP contribution is 2.19. The zero-order valence-electron chi connectivity index (χ0n) is 13.2. The number of aryl methyl sites for hydroxylation is 2. The lowest BCUT2D eigenvalue weighted by Gasteiger charge is -2.10. The van der Waals surface area contributed by atoms with Crippen molar-refractivity contribution in [2.24, 2.45) is 0 Å². The van der Waals surface area contributed by atoms with Crippen LogP contribution in [0.5, 0.6) is 5.75 Å². The summed E-state index contributed by atoms with van der Waals surface area (Å²) in [5.41, 5.74) is 3.16. The molecule has 0 spiro atoms. The van der Waals surface area contributed by atoms with E-state index in [9.17, 15) is 4.79 Å². The van der Waals surface area contributed by atoms with Crippen LogP contribution in [0, 0.1) is 13.8 Å². The maximum Gasteiger partial charge on any atom is 0.252 e. The van der Waals surface area contributed by atoms with Gasteiger partial charge in [-0.15, -0.1) is 11.8 Å². The number of benzene rings is 2. The molecule has 1 amide bonds. The number of carbonyl (C=O) groups excluding carboxylic acids is 1. The van der Waals surface area contributed by atoms with Gasteiger partial charge >= 0.3 is 0 Å². The minimum Gasteiger partial charge on any atom is -0.492 e. The van der Waals surface area contributed by atoms with Crippen molar-refractivity contribution in [1.82, 2.24) is 5.32 Å². The van der Waals surface area contributed by atoms with Crippen molar-refractivity contribution in [2.45, 2.75) is 18.7 Å². The van der Waals surface area contributed by atoms with Crippen LogP contribution in [0.25, 0.3) is 0 Å². The van der Waals surface area contributed by atoms with Gasteiger partial charge in [0, 0.05) is 4.90 Å². The maximum atomic E-state index is 12.2. The Bertz CT molecular complexity index is 655. The van der Waals surface area contributed by atoms with Gasteiger partial charge < -0.3 is 10.1 Å². The molecule has 3 nitrogen and oxygen atoms in total. The first-order chi connectivity index (χ1) is 10.6. The predicted molar refractivity (Wildman–Crippen MR) is 92.0 cm³/mol. The smallest absolute Gasteiger partial charge is 0.252 e. The number of thioether (sulfide) groups is 1. The molecule has 0 aromatic heterocycles. The minimum atomic E-state index is -0.0614. The summed E-state index contributed by atoms with van der Waals surface area (Å²) < 4.78 is 5.66. The first-order valence-corrected chi connectivity index (χ1v) is 8.45. The third kappa shape index (κ3) is 4.28. The first kappa shape index (κ1) is 16.4. The zero-order valence-corrected chi connectivity index (χ0v) is 14.0. The first-order valence-electron chi connectivity index (χ1n) is 7.23. The SMILES string of the molecule is CSc1ccccc1C(=O)NCCOc1ccc(C)c(C)c1. The van der Waals surface area contributed by atoms with Crippen LogP contribution in [0.2, 0.25) is 0 Å². The van der Waals surface area contributed by atoms with Gasteiger partial charge in [-0.25, -0.2) is 0 Å². The van der Waals surface area contributed by atoms with Crippen LogP contribution in [0.3, 0.4) is 0 Å². The molecule has 1 N–H and O–H groups in total. The number of carbonyl (C=O) groups is 1. The third-order valence-corrected chi connectivity index (χ3v) is 4.28. The van der Waals surface area contributed by atoms with E-state index in [0.717, 1.165) is 10.6 Å². The van der Waals surface area contributed by atoms with Crippen molar-refractivity contribution in [3.05, 3.63) is 59.2 Å². The van der Waals surface area contributed by atoms with Crippen LogP contribution in [-0.4, -0.2) is 25.3 Å². The quantitative estimate of drug-likeness (QED) is 0.650. The number of rotatable bonds is 6. The topological polar surface area (TPSA) is 38.3 Å². The molecule has 0 unspecified atom stereocenters. The zero-order chi connectivity index (χ0) is 15.9. The van der Waals surface area contributed by atoms with E-state index in [1.807, 2.05) is 48.7 Å². The average molecular weight is 315 g/mol. The van der Waals surface area contributed by atoms with E-state index in [0.29, 0.717) is 18.7 Å². The number of amides is 1. The largest absolute Gasteiger partial charge is 0.492 e. The van der Waals surface area contributed by atoms with Crippen LogP contribution in [0.15, 0.2) is 47.4 Å². The molecule has 0 bridgehead atoms. The van der Waals surface area contributed by atoms with E-state index < -0.39 is 0 Å². The summed E-state index contributed by atoms with van der Waals surface area (Å²) in [7, 11) is 0. The van der Waals surface area contributed by atoms with Gasteiger partial charge in [0.2, 0.25) is 0 Å². The molecule has 0 aliphatic carbocycles. The molecule has 2 rings (SSSR count). The minimum absolute atomic E-state index is 0.0614. The number of hydrogen-bond acceptors (Lipinski definition) is 3. The van der Waals surface area contributed by atoms with Gasteiger partial charge in [-0.3, -0.25) is 4.79 Å². The van der Waals surface area contributed by atoms with Crippen molar-refractivity contribution in [3.8, 4) is 5.75 Å². The lowest BCUT2D eigenvalue weighted by molar-refractivity contribution is 0.0944. The van der Waals surface area contributed by atoms with Gasteiger partial charge in [0.25, 0.3) is 5.91 Å². The summed E-state index contributed by atoms with van der Waals surface area (Å²) in [6, 6.07) is 13.6. The van der Waals surface area contributed by atoms with Gasteiger partial charge in [0.1, 0.15) is 12.4 Å². The average Bonchev–Trinajstić information content (AvgIpc) is 2.54. The molecule has 2 aromatic carbocycles. The van der Waals surface area contributed by atoms with Crippen molar-refractivity contribution >= 4 is 17.7 Å². The second kappa shape index (κ2) is 7.90. The van der Waals surface area contributed by atoms with E-state index in [-0.39, 0.29) is 5.91 Å². The fourth-order valence-electron chi connectivity index (χ4n) is 2.06. The van der Waals surface area contributed by atoms with Crippen molar-refractivity contribution in [2.75, 3.05) is 19.4 Å². The Morgan fingerprint density at radius 2 is 1.91 bits per heavy atom. The lowest BCUT2D eigenvalue weighted by Crippen LogP contribution is -2.28. The summed E-state index contributed by atoms with van der Waals surface area (Å²) >= 11 is 1.57. The van der Waals surface area contributed by atoms with Crippen molar-refractivity contribution in [3.63, 3.8) is 0 Å². The number of nitrogens with one attached hydrogen (secondary N) is 1. The molecule has 4 heteroatoms. The van der Waals surface area contributed by atoms with Gasteiger partial charge in [0.05, 0.1) is 12.1 Å². The van der Waals surface area contributed by atoms with Gasteiger partial charge in [-0.1, -0.05) is 18.2 Å². The molecule has 2 aromatic rings. The summed E-state index contributed by atoms with van der Waals surface area (Å²) in [5.74, 6) is 0.774. The van der Waals surface area contributed by atoms with E-state index >= 15 is 0 Å². The lowest BCUT2D eigenvalue weighted by atomic mass is 10.1. The van der Waals surface area contributed by atoms with Gasteiger partial charge in [-0.2, -0.15) is 0 Å². The molecule has 116 valence electrons. The van der Waals surface area contributed by atoms with Gasteiger partial charge in [-0.05, 0) is 55.5 Å². The Hall–Kier alpha value is -1.94. The molecule has 0 fully saturated rings. The Morgan fingerprint density at radius 1 is 1.14 bits per heavy atom. The van der Waals surface area contributed by atoms with Gasteiger partial charge in [0.15, 0.2) is 0 Å². The van der Waals surface area contributed by atoms with Crippen LogP contribution < -0.4 is 10.1 Å². The molecule has 22 heavy (non-hydrogen) atoms. The molecule has 0 saturated carbocycles. The fraction of sp³-hybridized carbons (Fsp3) is 0.278. The maximum absolute atomic E-state index is 12.2. The van der Waals surface area contributed by atoms with Crippen LogP contribution in [0.1, 0.15) is 21.5 Å². The van der Waals surface area contributed by atoms with E-state index in [1.165, 1.54) is 11.1 Å². The molecule has 0 aliphatic heterocycles. The summed E-state index contributed by atoms with van der Waals surface area (Å²) in [6.45, 7) is 5.07. The molecule has 0 heterocycles. The highest BCUT2D eigenvalue weighted by atomic mass is 32.2. The highest BCUT2D eigenvalue weighted by molar-refractivity contribution is 7.98. The number of hydrogen-bond donors (Lipinski definition) is 1. The number of ether oxygens (including phenoxy) is 1. The van der Waals surface area contributed by atoms with Crippen molar-refractivity contribution in [1.29, 1.82) is 0 Å². The molecular weight excluding hydrogens is 294 g/mol. The van der Waals surface area contributed by atoms with Crippen LogP contribution >= 0.6 is 11.8 Å². The second-order valence-electron chi connectivity index (χ2n) is 5.05. The van der Waals surface area contributed by atoms with E-state index in [1.54, 1.807) is 11.8 Å². The molecule has 0 saturated heterocycles. The second-order valence-corrected chi connectivity index (χ2v) is 5.90. The standard InChI is InChI=1S/C18H21NO2S/c1-13-8-9-15(12-14(13)2)21-11-10-19-18(20)16-6-4-5-7-17(16)22-3/h4-9,12H,10-11H2,1-3H3,(H,19,20). The van der Waals surface area contributed by atoms with Crippen LogP contribution in [0.4, 0.5) is 0 Å². The van der Waals surface area contributed by atoms with Crippen LogP contribution in [-0.2, 0) is 0 Å². The Balaban J connectivity index is 1.83. The Labute approximate surface area is 136 Å². The predicted octanol–water partition coefficient (Wildman–Crippen LogP) is 3.83. The third-order valence-electron chi connectivity index (χ3n) is 3.49. The Morgan fingerprint density at radius 3 is 2.64 bits per heavy atom. The summed E-state index contributed by atoms with van der Waals surface area (Å²) in [6.07, 6.45) is 1.97. The molecule has 0 atom stereocenters. The molecule has 0 radical (unpaired) electrons. The van der Waals surface area contributed by atoms with E-state index in [2.05, 4.69) is 19.2 Å². The normalized spacial score (nSPS) is 10.3. The molecule has 0 aliphatic rings. The highest BCUT2D eigenvalue weighted by Gasteiger charge is 2.09. The monoisotopic (exact) mass is 315 g/mol. The fourth-order valence-corrected chi connectivity index (χ4v) is 2.66.